The van der Waals surface area contributed by atoms with Crippen LogP contribution in [0.2, 0.25) is 0 Å². The lowest BCUT2D eigenvalue weighted by Crippen LogP contribution is -2.31. The standard InChI is InChI=1S/C11H17NO2/c1-2-10(8-13)12-7-9-3-5-11(14)6-4-9/h3-6,10,12-14H,2,7-8H2,1H3/t10-/m1/s1. The smallest absolute Gasteiger partial charge is 0.115 e. The van der Waals surface area contributed by atoms with Gasteiger partial charge in [-0.25, -0.2) is 0 Å². The van der Waals surface area contributed by atoms with E-state index >= 15 is 0 Å². The molecule has 0 fully saturated rings. The lowest BCUT2D eigenvalue weighted by atomic mass is 10.2. The van der Waals surface area contributed by atoms with Gasteiger partial charge in [0.1, 0.15) is 5.75 Å². The molecule has 0 aliphatic rings. The SMILES string of the molecule is CC[C@H](CO)NCc1ccc(O)cc1. The van der Waals surface area contributed by atoms with Gasteiger partial charge in [-0.05, 0) is 24.1 Å². The Bertz CT molecular complexity index is 254. The van der Waals surface area contributed by atoms with Gasteiger partial charge in [0.15, 0.2) is 0 Å². The quantitative estimate of drug-likeness (QED) is 0.663. The zero-order valence-electron chi connectivity index (χ0n) is 8.40. The maximum atomic E-state index is 9.07. The number of aromatic hydroxyl groups is 1. The van der Waals surface area contributed by atoms with Gasteiger partial charge in [-0.2, -0.15) is 0 Å². The Morgan fingerprint density at radius 2 is 1.93 bits per heavy atom. The first kappa shape index (κ1) is 11.0. The van der Waals surface area contributed by atoms with E-state index in [4.69, 9.17) is 10.2 Å². The molecule has 78 valence electrons. The van der Waals surface area contributed by atoms with Crippen LogP contribution in [0.3, 0.4) is 0 Å². The minimum atomic E-state index is 0.156. The maximum Gasteiger partial charge on any atom is 0.115 e. The van der Waals surface area contributed by atoms with Crippen molar-refractivity contribution in [2.45, 2.75) is 25.9 Å². The molecule has 0 aliphatic heterocycles. The lowest BCUT2D eigenvalue weighted by molar-refractivity contribution is 0.238. The summed E-state index contributed by atoms with van der Waals surface area (Å²) in [5, 5.41) is 21.2. The molecular weight excluding hydrogens is 178 g/mol. The van der Waals surface area contributed by atoms with Crippen molar-refractivity contribution < 1.29 is 10.2 Å². The number of hydrogen-bond donors (Lipinski definition) is 3. The van der Waals surface area contributed by atoms with E-state index in [0.29, 0.717) is 0 Å². The van der Waals surface area contributed by atoms with Crippen molar-refractivity contribution in [3.8, 4) is 5.75 Å². The molecule has 1 aromatic carbocycles. The Kier molecular flexibility index (Phi) is 4.43. The minimum Gasteiger partial charge on any atom is -0.508 e. The van der Waals surface area contributed by atoms with Crippen LogP contribution in [0.25, 0.3) is 0 Å². The van der Waals surface area contributed by atoms with Gasteiger partial charge in [0.05, 0.1) is 6.61 Å². The third-order valence-corrected chi connectivity index (χ3v) is 2.24. The van der Waals surface area contributed by atoms with Gasteiger partial charge in [0.25, 0.3) is 0 Å². The number of phenols is 1. The van der Waals surface area contributed by atoms with Crippen molar-refractivity contribution in [2.24, 2.45) is 0 Å². The van der Waals surface area contributed by atoms with E-state index in [1.165, 1.54) is 0 Å². The summed E-state index contributed by atoms with van der Waals surface area (Å²) in [6.45, 7) is 2.92. The van der Waals surface area contributed by atoms with E-state index in [1.54, 1.807) is 12.1 Å². The molecule has 0 saturated carbocycles. The number of aliphatic hydroxyl groups excluding tert-OH is 1. The van der Waals surface area contributed by atoms with Gasteiger partial charge < -0.3 is 15.5 Å². The maximum absolute atomic E-state index is 9.07. The van der Waals surface area contributed by atoms with Crippen LogP contribution in [0, 0.1) is 0 Å². The fourth-order valence-electron chi connectivity index (χ4n) is 1.21. The molecule has 0 amide bonds. The van der Waals surface area contributed by atoms with E-state index in [0.717, 1.165) is 18.5 Å². The Labute approximate surface area is 84.4 Å². The van der Waals surface area contributed by atoms with Crippen molar-refractivity contribution in [3.05, 3.63) is 29.8 Å². The monoisotopic (exact) mass is 195 g/mol. The summed E-state index contributed by atoms with van der Waals surface area (Å²) in [4.78, 5) is 0. The van der Waals surface area contributed by atoms with Crippen LogP contribution in [0.1, 0.15) is 18.9 Å². The van der Waals surface area contributed by atoms with Gasteiger partial charge in [0, 0.05) is 12.6 Å². The molecular formula is C11H17NO2. The average Bonchev–Trinajstić information content (AvgIpc) is 2.22. The summed E-state index contributed by atoms with van der Waals surface area (Å²) in [6.07, 6.45) is 0.911. The molecule has 0 aromatic heterocycles. The van der Waals surface area contributed by atoms with Crippen LogP contribution in [-0.4, -0.2) is 22.9 Å². The van der Waals surface area contributed by atoms with Gasteiger partial charge in [-0.3, -0.25) is 0 Å². The molecule has 0 unspecified atom stereocenters. The van der Waals surface area contributed by atoms with Crippen molar-refractivity contribution >= 4 is 0 Å². The summed E-state index contributed by atoms with van der Waals surface area (Å²) in [5.74, 6) is 0.281. The Morgan fingerprint density at radius 1 is 1.29 bits per heavy atom. The fourth-order valence-corrected chi connectivity index (χ4v) is 1.21. The van der Waals surface area contributed by atoms with Crippen molar-refractivity contribution in [2.75, 3.05) is 6.61 Å². The highest BCUT2D eigenvalue weighted by Crippen LogP contribution is 2.09. The van der Waals surface area contributed by atoms with Crippen molar-refractivity contribution in [3.63, 3.8) is 0 Å². The van der Waals surface area contributed by atoms with Crippen LogP contribution in [0.15, 0.2) is 24.3 Å². The molecule has 1 atom stereocenters. The Hall–Kier alpha value is -1.06. The molecule has 3 N–H and O–H groups in total. The Morgan fingerprint density at radius 3 is 2.43 bits per heavy atom. The number of aliphatic hydroxyl groups is 1. The normalized spacial score (nSPS) is 12.7. The third-order valence-electron chi connectivity index (χ3n) is 2.24. The molecule has 3 nitrogen and oxygen atoms in total. The Balaban J connectivity index is 2.41. The van der Waals surface area contributed by atoms with Crippen LogP contribution in [-0.2, 0) is 6.54 Å². The van der Waals surface area contributed by atoms with Gasteiger partial charge >= 0.3 is 0 Å². The molecule has 1 aromatic rings. The second-order valence-corrected chi connectivity index (χ2v) is 3.34. The van der Waals surface area contributed by atoms with Crippen molar-refractivity contribution in [1.29, 1.82) is 0 Å². The van der Waals surface area contributed by atoms with Gasteiger partial charge in [-0.1, -0.05) is 19.1 Å². The van der Waals surface area contributed by atoms with E-state index < -0.39 is 0 Å². The molecule has 14 heavy (non-hydrogen) atoms. The number of hydrogen-bond acceptors (Lipinski definition) is 3. The first-order valence-corrected chi connectivity index (χ1v) is 4.88. The van der Waals surface area contributed by atoms with Crippen LogP contribution >= 0.6 is 0 Å². The summed E-state index contributed by atoms with van der Waals surface area (Å²) in [5.41, 5.74) is 1.11. The molecule has 0 aliphatic carbocycles. The van der Waals surface area contributed by atoms with Gasteiger partial charge in [-0.15, -0.1) is 0 Å². The van der Waals surface area contributed by atoms with Crippen LogP contribution in [0.4, 0.5) is 0 Å². The second-order valence-electron chi connectivity index (χ2n) is 3.34. The third kappa shape index (κ3) is 3.36. The topological polar surface area (TPSA) is 52.5 Å². The summed E-state index contributed by atoms with van der Waals surface area (Å²) >= 11 is 0. The first-order chi connectivity index (χ1) is 6.76. The average molecular weight is 195 g/mol. The molecule has 1 rings (SSSR count). The largest absolute Gasteiger partial charge is 0.508 e. The number of benzene rings is 1. The fraction of sp³-hybridized carbons (Fsp3) is 0.455. The highest BCUT2D eigenvalue weighted by Gasteiger charge is 2.02. The highest BCUT2D eigenvalue weighted by molar-refractivity contribution is 5.25. The zero-order chi connectivity index (χ0) is 10.4. The lowest BCUT2D eigenvalue weighted by Gasteiger charge is -2.13. The summed E-state index contributed by atoms with van der Waals surface area (Å²) < 4.78 is 0. The molecule has 0 saturated heterocycles. The second kappa shape index (κ2) is 5.62. The minimum absolute atomic E-state index is 0.156. The van der Waals surface area contributed by atoms with E-state index in [1.807, 2.05) is 19.1 Å². The van der Waals surface area contributed by atoms with E-state index in [2.05, 4.69) is 5.32 Å². The number of nitrogens with one attached hydrogen (secondary N) is 1. The summed E-state index contributed by atoms with van der Waals surface area (Å²) in [7, 11) is 0. The molecule has 0 heterocycles. The number of rotatable bonds is 5. The van der Waals surface area contributed by atoms with E-state index in [-0.39, 0.29) is 18.4 Å². The zero-order valence-corrected chi connectivity index (χ0v) is 8.40. The molecule has 0 bridgehead atoms. The molecule has 0 spiro atoms. The first-order valence-electron chi connectivity index (χ1n) is 4.88. The van der Waals surface area contributed by atoms with Crippen LogP contribution < -0.4 is 5.32 Å². The number of phenolic OH excluding ortho intramolecular Hbond substituents is 1. The molecule has 0 radical (unpaired) electrons. The summed E-state index contributed by atoms with van der Waals surface area (Å²) in [6, 6.07) is 7.22. The highest BCUT2D eigenvalue weighted by atomic mass is 16.3. The predicted molar refractivity (Wildman–Crippen MR) is 56.1 cm³/mol. The van der Waals surface area contributed by atoms with Gasteiger partial charge in [0.2, 0.25) is 0 Å². The predicted octanol–water partition coefficient (Wildman–Crippen LogP) is 1.25. The van der Waals surface area contributed by atoms with Crippen LogP contribution in [0.5, 0.6) is 5.75 Å². The van der Waals surface area contributed by atoms with E-state index in [9.17, 15) is 0 Å². The molecule has 3 heteroatoms. The van der Waals surface area contributed by atoms with Crippen molar-refractivity contribution in [1.82, 2.24) is 5.32 Å².